The van der Waals surface area contributed by atoms with Gasteiger partial charge in [0.25, 0.3) is 0 Å². The number of halogens is 1. The molecule has 2 saturated heterocycles. The summed E-state index contributed by atoms with van der Waals surface area (Å²) in [4.78, 5) is 2.06. The molecule has 1 aromatic rings. The first-order valence-corrected chi connectivity index (χ1v) is 12.3. The van der Waals surface area contributed by atoms with Crippen molar-refractivity contribution in [1.29, 1.82) is 0 Å². The van der Waals surface area contributed by atoms with Crippen LogP contribution >= 0.6 is 0 Å². The Labute approximate surface area is 160 Å². The molecule has 2 heterocycles. The molecule has 3 rings (SSSR count). The third-order valence-corrected chi connectivity index (χ3v) is 8.67. The molecule has 0 spiro atoms. The summed E-state index contributed by atoms with van der Waals surface area (Å²) < 4.78 is 70.1. The first-order chi connectivity index (χ1) is 12.8. The smallest absolute Gasteiger partial charge is 0.243 e. The fourth-order valence-corrected chi connectivity index (χ4v) is 7.09. The molecule has 1 atom stereocenters. The summed E-state index contributed by atoms with van der Waals surface area (Å²) in [5, 5.41) is 0. The minimum atomic E-state index is -3.97. The highest BCUT2D eigenvalue weighted by Gasteiger charge is 2.38. The van der Waals surface area contributed by atoms with E-state index in [1.165, 1.54) is 22.5 Å². The van der Waals surface area contributed by atoms with Gasteiger partial charge in [-0.2, -0.15) is 4.31 Å². The van der Waals surface area contributed by atoms with E-state index in [0.717, 1.165) is 19.2 Å². The summed E-state index contributed by atoms with van der Waals surface area (Å²) in [7, 11) is -7.22. The van der Waals surface area contributed by atoms with Crippen molar-refractivity contribution in [3.63, 3.8) is 0 Å². The molecule has 7 nitrogen and oxygen atoms in total. The molecule has 0 amide bonds. The fourth-order valence-electron chi connectivity index (χ4n) is 3.54. The maximum Gasteiger partial charge on any atom is 0.243 e. The van der Waals surface area contributed by atoms with Crippen molar-refractivity contribution in [3.8, 4) is 0 Å². The van der Waals surface area contributed by atoms with Crippen molar-refractivity contribution in [2.75, 3.05) is 50.9 Å². The molecule has 2 fully saturated rings. The largest absolute Gasteiger partial charge is 0.379 e. The number of sulfonamides is 1. The number of nitrogens with zero attached hydrogens (tertiary/aromatic N) is 2. The average molecular weight is 421 g/mol. The third-order valence-electron chi connectivity index (χ3n) is 4.97. The molecule has 152 valence electrons. The van der Waals surface area contributed by atoms with Crippen molar-refractivity contribution in [3.05, 3.63) is 30.1 Å². The quantitative estimate of drug-likeness (QED) is 0.647. The second-order valence-corrected chi connectivity index (χ2v) is 11.1. The third kappa shape index (κ3) is 5.26. The summed E-state index contributed by atoms with van der Waals surface area (Å²) in [6.07, 6.45) is 0.847. The number of ether oxygens (including phenoxy) is 1. The molecule has 1 aromatic carbocycles. The van der Waals surface area contributed by atoms with Gasteiger partial charge in [0.1, 0.15) is 5.82 Å². The van der Waals surface area contributed by atoms with Crippen molar-refractivity contribution >= 4 is 19.9 Å². The molecule has 0 saturated carbocycles. The molecular formula is C17H25FN2O5S2. The highest BCUT2D eigenvalue weighted by molar-refractivity contribution is 7.92. The molecule has 10 heteroatoms. The van der Waals surface area contributed by atoms with Crippen LogP contribution in [-0.4, -0.2) is 83.0 Å². The Morgan fingerprint density at radius 2 is 2.00 bits per heavy atom. The summed E-state index contributed by atoms with van der Waals surface area (Å²) in [5.74, 6) is -0.835. The zero-order valence-corrected chi connectivity index (χ0v) is 16.7. The molecule has 0 N–H and O–H groups in total. The number of benzene rings is 1. The predicted molar refractivity (Wildman–Crippen MR) is 99.2 cm³/mol. The minimum absolute atomic E-state index is 0.0176. The van der Waals surface area contributed by atoms with Crippen LogP contribution < -0.4 is 0 Å². The lowest BCUT2D eigenvalue weighted by Crippen LogP contribution is -2.43. The topological polar surface area (TPSA) is 84.0 Å². The van der Waals surface area contributed by atoms with E-state index >= 15 is 0 Å². The summed E-state index contributed by atoms with van der Waals surface area (Å²) in [5.41, 5.74) is 0. The normalized spacial score (nSPS) is 23.7. The second kappa shape index (κ2) is 8.52. The molecule has 0 radical (unpaired) electrons. The first-order valence-electron chi connectivity index (χ1n) is 9.06. The van der Waals surface area contributed by atoms with E-state index in [2.05, 4.69) is 4.90 Å². The van der Waals surface area contributed by atoms with Crippen LogP contribution in [-0.2, 0) is 24.6 Å². The van der Waals surface area contributed by atoms with Crippen molar-refractivity contribution < 1.29 is 26.0 Å². The van der Waals surface area contributed by atoms with E-state index in [9.17, 15) is 21.2 Å². The Morgan fingerprint density at radius 1 is 1.26 bits per heavy atom. The lowest BCUT2D eigenvalue weighted by molar-refractivity contribution is 0.0367. The van der Waals surface area contributed by atoms with Gasteiger partial charge in [-0.15, -0.1) is 0 Å². The van der Waals surface area contributed by atoms with E-state index < -0.39 is 31.7 Å². The van der Waals surface area contributed by atoms with Gasteiger partial charge in [0.15, 0.2) is 9.84 Å². The van der Waals surface area contributed by atoms with Crippen LogP contribution in [0, 0.1) is 5.82 Å². The van der Waals surface area contributed by atoms with Crippen LogP contribution in [0.5, 0.6) is 0 Å². The van der Waals surface area contributed by atoms with E-state index in [-0.39, 0.29) is 29.4 Å². The molecule has 1 unspecified atom stereocenters. The van der Waals surface area contributed by atoms with Gasteiger partial charge in [0.2, 0.25) is 10.0 Å². The van der Waals surface area contributed by atoms with E-state index in [4.69, 9.17) is 4.74 Å². The maximum absolute atomic E-state index is 13.6. The SMILES string of the molecule is O=S1(=O)CCC(N(CCCN2CCOCC2)S(=O)(=O)c2cccc(F)c2)C1. The Hall–Kier alpha value is -1.07. The van der Waals surface area contributed by atoms with E-state index in [1.54, 1.807) is 0 Å². The van der Waals surface area contributed by atoms with Gasteiger partial charge in [-0.05, 0) is 37.6 Å². The summed E-state index contributed by atoms with van der Waals surface area (Å²) >= 11 is 0. The van der Waals surface area contributed by atoms with Gasteiger partial charge >= 0.3 is 0 Å². The molecule has 0 aromatic heterocycles. The standard InChI is InChI=1S/C17H25FN2O5S2/c18-15-3-1-4-17(13-15)27(23,24)20(16-5-12-26(21,22)14-16)7-2-6-19-8-10-25-11-9-19/h1,3-4,13,16H,2,5-12,14H2. The van der Waals surface area contributed by atoms with Gasteiger partial charge in [-0.3, -0.25) is 4.90 Å². The average Bonchev–Trinajstić information content (AvgIpc) is 2.99. The van der Waals surface area contributed by atoms with Gasteiger partial charge in [-0.1, -0.05) is 6.07 Å². The number of hydrogen-bond acceptors (Lipinski definition) is 6. The van der Waals surface area contributed by atoms with Crippen LogP contribution in [0.3, 0.4) is 0 Å². The Bertz CT molecular complexity index is 854. The van der Waals surface area contributed by atoms with Crippen LogP contribution in [0.1, 0.15) is 12.8 Å². The lowest BCUT2D eigenvalue weighted by atomic mass is 10.2. The van der Waals surface area contributed by atoms with Gasteiger partial charge in [0.05, 0.1) is 29.6 Å². The minimum Gasteiger partial charge on any atom is -0.379 e. The first kappa shape index (κ1) is 20.7. The molecule has 2 aliphatic rings. The summed E-state index contributed by atoms with van der Waals surface area (Å²) in [6, 6.07) is 4.25. The second-order valence-electron chi connectivity index (χ2n) is 6.94. The predicted octanol–water partition coefficient (Wildman–Crippen LogP) is 0.726. The number of morpholine rings is 1. The molecular weight excluding hydrogens is 395 g/mol. The summed E-state index contributed by atoms with van der Waals surface area (Å²) in [6.45, 7) is 3.83. The van der Waals surface area contributed by atoms with Crippen molar-refractivity contribution in [1.82, 2.24) is 9.21 Å². The van der Waals surface area contributed by atoms with Crippen LogP contribution in [0.15, 0.2) is 29.2 Å². The Kier molecular flexibility index (Phi) is 6.52. The number of hydrogen-bond donors (Lipinski definition) is 0. The molecule has 0 aliphatic carbocycles. The number of sulfone groups is 1. The highest BCUT2D eigenvalue weighted by atomic mass is 32.2. The van der Waals surface area contributed by atoms with Crippen molar-refractivity contribution in [2.24, 2.45) is 0 Å². The van der Waals surface area contributed by atoms with Gasteiger partial charge < -0.3 is 4.74 Å². The van der Waals surface area contributed by atoms with Crippen molar-refractivity contribution in [2.45, 2.75) is 23.8 Å². The molecule has 2 aliphatic heterocycles. The van der Waals surface area contributed by atoms with Crippen LogP contribution in [0.25, 0.3) is 0 Å². The van der Waals surface area contributed by atoms with E-state index in [1.807, 2.05) is 0 Å². The zero-order valence-electron chi connectivity index (χ0n) is 15.1. The maximum atomic E-state index is 13.6. The monoisotopic (exact) mass is 420 g/mol. The van der Waals surface area contributed by atoms with Gasteiger partial charge in [0, 0.05) is 25.7 Å². The van der Waals surface area contributed by atoms with Crippen LogP contribution in [0.2, 0.25) is 0 Å². The highest BCUT2D eigenvalue weighted by Crippen LogP contribution is 2.25. The Balaban J connectivity index is 1.76. The fraction of sp³-hybridized carbons (Fsp3) is 0.647. The number of rotatable bonds is 7. The lowest BCUT2D eigenvalue weighted by Gasteiger charge is -2.30. The Morgan fingerprint density at radius 3 is 2.63 bits per heavy atom. The zero-order chi connectivity index (χ0) is 19.5. The van der Waals surface area contributed by atoms with Gasteiger partial charge in [-0.25, -0.2) is 21.2 Å². The molecule has 0 bridgehead atoms. The molecule has 27 heavy (non-hydrogen) atoms. The van der Waals surface area contributed by atoms with E-state index in [0.29, 0.717) is 26.2 Å². The van der Waals surface area contributed by atoms with Crippen LogP contribution in [0.4, 0.5) is 4.39 Å².